The van der Waals surface area contributed by atoms with Crippen LogP contribution in [-0.4, -0.2) is 87.1 Å². The molecule has 0 aromatic heterocycles. The third-order valence-corrected chi connectivity index (χ3v) is 9.76. The number of rotatable bonds is 4. The van der Waals surface area contributed by atoms with Crippen molar-refractivity contribution in [2.24, 2.45) is 28.1 Å². The van der Waals surface area contributed by atoms with Gasteiger partial charge in [-0.25, -0.2) is 9.59 Å². The van der Waals surface area contributed by atoms with E-state index in [1.165, 1.54) is 6.92 Å². The Labute approximate surface area is 210 Å². The van der Waals surface area contributed by atoms with Crippen molar-refractivity contribution in [2.75, 3.05) is 0 Å². The molecule has 202 valence electrons. The van der Waals surface area contributed by atoms with Gasteiger partial charge in [-0.3, -0.25) is 14.4 Å². The molecule has 13 heteroatoms. The fourth-order valence-electron chi connectivity index (χ4n) is 8.64. The Kier molecular flexibility index (Phi) is 4.52. The highest BCUT2D eigenvalue weighted by Gasteiger charge is 3.04. The molecule has 2 aliphatic carbocycles. The molecule has 6 aliphatic rings. The van der Waals surface area contributed by atoms with Gasteiger partial charge in [0.05, 0.1) is 29.6 Å². The van der Waals surface area contributed by atoms with E-state index >= 15 is 0 Å². The average molecular weight is 524 g/mol. The van der Waals surface area contributed by atoms with Crippen molar-refractivity contribution < 1.29 is 63.0 Å². The first kappa shape index (κ1) is 24.6. The van der Waals surface area contributed by atoms with Gasteiger partial charge in [0.25, 0.3) is 0 Å². The minimum absolute atomic E-state index is 0.110. The van der Waals surface area contributed by atoms with Gasteiger partial charge >= 0.3 is 29.8 Å². The maximum absolute atomic E-state index is 13.7. The number of aliphatic hydroxyl groups excluding tert-OH is 1. The van der Waals surface area contributed by atoms with Crippen LogP contribution in [0.4, 0.5) is 0 Å². The van der Waals surface area contributed by atoms with Gasteiger partial charge in [-0.05, 0) is 24.7 Å². The molecular formula is C24H28O13. The molecule has 6 rings (SSSR count). The summed E-state index contributed by atoms with van der Waals surface area (Å²) in [4.78, 5) is 63.2. The summed E-state index contributed by atoms with van der Waals surface area (Å²) in [6.45, 7) is 6.91. The number of carboxylic acid groups (broad SMARTS) is 1. The molecule has 37 heavy (non-hydrogen) atoms. The molecule has 0 aromatic carbocycles. The van der Waals surface area contributed by atoms with Crippen molar-refractivity contribution in [2.45, 2.75) is 88.9 Å². The van der Waals surface area contributed by atoms with E-state index in [9.17, 15) is 34.2 Å². The fraction of sp³-hybridized carbons (Fsp3) is 0.792. The first-order chi connectivity index (χ1) is 17.1. The summed E-state index contributed by atoms with van der Waals surface area (Å²) in [5.41, 5.74) is -9.02. The Morgan fingerprint density at radius 1 is 1.08 bits per heavy atom. The molecule has 4 heterocycles. The highest BCUT2D eigenvalue weighted by atomic mass is 16.8. The van der Waals surface area contributed by atoms with Gasteiger partial charge in [-0.15, -0.1) is 0 Å². The molecule has 0 radical (unpaired) electrons. The molecule has 2 spiro atoms. The monoisotopic (exact) mass is 524 g/mol. The average Bonchev–Trinajstić information content (AvgIpc) is 3.51. The molecule has 4 saturated heterocycles. The number of hydrogen-bond acceptors (Lipinski definition) is 12. The van der Waals surface area contributed by atoms with Crippen molar-refractivity contribution in [3.8, 4) is 0 Å². The summed E-state index contributed by atoms with van der Waals surface area (Å²) in [5, 5.41) is 33.0. The van der Waals surface area contributed by atoms with Crippen LogP contribution in [0.5, 0.6) is 0 Å². The summed E-state index contributed by atoms with van der Waals surface area (Å²) in [6, 6.07) is 0. The zero-order valence-electron chi connectivity index (χ0n) is 20.6. The third-order valence-electron chi connectivity index (χ3n) is 9.76. The van der Waals surface area contributed by atoms with Crippen LogP contribution in [0.25, 0.3) is 0 Å². The first-order valence-electron chi connectivity index (χ1n) is 12.2. The molecule has 5 unspecified atom stereocenters. The molecule has 3 N–H and O–H groups in total. The number of hydrogen-bond donors (Lipinski definition) is 3. The van der Waals surface area contributed by atoms with Crippen molar-refractivity contribution >= 4 is 29.8 Å². The van der Waals surface area contributed by atoms with Gasteiger partial charge in [-0.2, -0.15) is 0 Å². The van der Waals surface area contributed by atoms with Crippen LogP contribution < -0.4 is 0 Å². The Bertz CT molecular complexity index is 1160. The Balaban J connectivity index is 1.60. The van der Waals surface area contributed by atoms with E-state index in [-0.39, 0.29) is 6.42 Å². The van der Waals surface area contributed by atoms with Crippen LogP contribution in [0.15, 0.2) is 0 Å². The summed E-state index contributed by atoms with van der Waals surface area (Å²) < 4.78 is 28.5. The fourth-order valence-corrected chi connectivity index (χ4v) is 8.64. The molecule has 0 amide bonds. The largest absolute Gasteiger partial charge is 0.481 e. The zero-order chi connectivity index (χ0) is 27.1. The van der Waals surface area contributed by atoms with Crippen molar-refractivity contribution in [3.63, 3.8) is 0 Å². The zero-order valence-corrected chi connectivity index (χ0v) is 20.6. The highest BCUT2D eigenvalue weighted by molar-refractivity contribution is 5.94. The van der Waals surface area contributed by atoms with E-state index < -0.39 is 113 Å². The number of aliphatic carboxylic acids is 1. The van der Waals surface area contributed by atoms with Crippen LogP contribution in [0.2, 0.25) is 0 Å². The van der Waals surface area contributed by atoms with E-state index in [0.29, 0.717) is 0 Å². The van der Waals surface area contributed by atoms with Crippen molar-refractivity contribution in [1.29, 1.82) is 0 Å². The SMILES string of the molecule is C[C@@H]1C(=O)OC2[C@H](O)C34C5C[C@@H](C(C)(C)C)C36[C@@H](OC(=O)[C@@H]6OC(=O)CCC(=O)O)OC4(C(=O)O5)[C@]21O. The lowest BCUT2D eigenvalue weighted by Gasteiger charge is -2.48. The number of esters is 4. The lowest BCUT2D eigenvalue weighted by Crippen LogP contribution is -2.67. The highest BCUT2D eigenvalue weighted by Crippen LogP contribution is 2.84. The Morgan fingerprint density at radius 2 is 1.76 bits per heavy atom. The van der Waals surface area contributed by atoms with Gasteiger partial charge < -0.3 is 39.0 Å². The third kappa shape index (κ3) is 2.24. The molecule has 6 fully saturated rings. The Morgan fingerprint density at radius 3 is 2.38 bits per heavy atom. The molecule has 2 saturated carbocycles. The van der Waals surface area contributed by atoms with Gasteiger partial charge in [0.15, 0.2) is 11.7 Å². The first-order valence-corrected chi connectivity index (χ1v) is 12.2. The van der Waals surface area contributed by atoms with Gasteiger partial charge in [0, 0.05) is 0 Å². The lowest BCUT2D eigenvalue weighted by molar-refractivity contribution is -0.240. The van der Waals surface area contributed by atoms with E-state index in [4.69, 9.17) is 28.8 Å². The molecule has 0 aromatic rings. The van der Waals surface area contributed by atoms with Crippen LogP contribution in [0.1, 0.15) is 47.0 Å². The summed E-state index contributed by atoms with van der Waals surface area (Å²) in [5.74, 6) is -7.05. The second kappa shape index (κ2) is 6.80. The van der Waals surface area contributed by atoms with E-state index in [0.717, 1.165) is 0 Å². The minimum Gasteiger partial charge on any atom is -0.481 e. The predicted molar refractivity (Wildman–Crippen MR) is 113 cm³/mol. The van der Waals surface area contributed by atoms with E-state index in [1.807, 2.05) is 20.8 Å². The van der Waals surface area contributed by atoms with Crippen LogP contribution in [0.3, 0.4) is 0 Å². The number of ether oxygens (including phenoxy) is 5. The summed E-state index contributed by atoms with van der Waals surface area (Å²) in [6.07, 6.45) is -8.67. The number of carbonyl (C=O) groups excluding carboxylic acids is 4. The van der Waals surface area contributed by atoms with Crippen LogP contribution in [0, 0.1) is 28.1 Å². The molecule has 4 aliphatic heterocycles. The van der Waals surface area contributed by atoms with Crippen LogP contribution >= 0.6 is 0 Å². The molecular weight excluding hydrogens is 496 g/mol. The van der Waals surface area contributed by atoms with E-state index in [1.54, 1.807) is 0 Å². The quantitative estimate of drug-likeness (QED) is 0.301. The summed E-state index contributed by atoms with van der Waals surface area (Å²) in [7, 11) is 0. The predicted octanol–water partition coefficient (Wildman–Crippen LogP) is -0.954. The van der Waals surface area contributed by atoms with Gasteiger partial charge in [-0.1, -0.05) is 20.8 Å². The Hall–Kier alpha value is -2.77. The second-order valence-electron chi connectivity index (χ2n) is 12.0. The maximum Gasteiger partial charge on any atom is 0.350 e. The van der Waals surface area contributed by atoms with Gasteiger partial charge in [0.1, 0.15) is 12.2 Å². The van der Waals surface area contributed by atoms with Gasteiger partial charge in [0.2, 0.25) is 18.0 Å². The number of fused-ring (bicyclic) bond motifs is 1. The minimum atomic E-state index is -2.37. The maximum atomic E-state index is 13.7. The normalized spacial score (nSPS) is 50.6. The molecule has 13 nitrogen and oxygen atoms in total. The number of carbonyl (C=O) groups is 5. The second-order valence-corrected chi connectivity index (χ2v) is 12.0. The van der Waals surface area contributed by atoms with E-state index in [2.05, 4.69) is 0 Å². The van der Waals surface area contributed by atoms with Crippen molar-refractivity contribution in [1.82, 2.24) is 0 Å². The standard InChI is InChI=1S/C24H28O13/c1-8-16(29)35-14-13(28)22-10-7-9(20(2,3)4)21(22)15(34-12(27)6-5-11(25)26)17(30)36-19(21)37-24(22,18(31)33-10)23(8,14)32/h8-10,13-15,19,28,32H,5-7H2,1-4H3,(H,25,26)/t8-,9+,10?,13+,14?,15+,19+,21?,22?,23-,24?/m1/s1. The summed E-state index contributed by atoms with van der Waals surface area (Å²) >= 11 is 0. The topological polar surface area (TPSA) is 192 Å². The molecule has 11 atom stereocenters. The number of carboxylic acids is 1. The molecule has 0 bridgehead atoms. The lowest BCUT2D eigenvalue weighted by atomic mass is 9.51. The van der Waals surface area contributed by atoms with Crippen molar-refractivity contribution in [3.05, 3.63) is 0 Å². The number of aliphatic hydroxyl groups is 2. The van der Waals surface area contributed by atoms with Crippen LogP contribution in [-0.2, 0) is 47.7 Å². The smallest absolute Gasteiger partial charge is 0.350 e.